The van der Waals surface area contributed by atoms with E-state index in [9.17, 15) is 24.9 Å². The van der Waals surface area contributed by atoms with Crippen molar-refractivity contribution in [3.05, 3.63) is 0 Å². The first-order valence-electron chi connectivity index (χ1n) is 11.8. The topological polar surface area (TPSA) is 147 Å². The Labute approximate surface area is 196 Å². The molecule has 192 valence electrons. The van der Waals surface area contributed by atoms with Gasteiger partial charge >= 0.3 is 5.97 Å². The Kier molecular flexibility index (Phi) is 10.5. The Balaban J connectivity index is 2.12. The second-order valence-electron chi connectivity index (χ2n) is 9.90. The number of carbonyl (C=O) groups excluding carboxylic acids is 2. The number of carbonyl (C=O) groups is 2. The maximum atomic E-state index is 12.7. The SMILES string of the molecule is CNC1OC(COC)C(O)C(OC(=O)CC(O)C(C)C(C)C)C1NC(=O)CC(O)C1CC1C. The summed E-state index contributed by atoms with van der Waals surface area (Å²) < 4.78 is 16.6. The van der Waals surface area contributed by atoms with Crippen molar-refractivity contribution < 1.29 is 39.1 Å². The van der Waals surface area contributed by atoms with Crippen LogP contribution in [0.5, 0.6) is 0 Å². The molecular weight excluding hydrogens is 432 g/mol. The molecule has 10 heteroatoms. The Morgan fingerprint density at radius 3 is 2.33 bits per heavy atom. The van der Waals surface area contributed by atoms with Gasteiger partial charge in [0.2, 0.25) is 5.91 Å². The first-order valence-corrected chi connectivity index (χ1v) is 11.8. The lowest BCUT2D eigenvalue weighted by atomic mass is 9.90. The molecule has 1 aliphatic carbocycles. The van der Waals surface area contributed by atoms with Crippen molar-refractivity contribution in [2.75, 3.05) is 20.8 Å². The van der Waals surface area contributed by atoms with E-state index in [-0.39, 0.29) is 37.2 Å². The number of likely N-dealkylation sites (N-methyl/N-ethyl adjacent to an activating group) is 1. The van der Waals surface area contributed by atoms with E-state index >= 15 is 0 Å². The number of aliphatic hydroxyl groups is 3. The highest BCUT2D eigenvalue weighted by atomic mass is 16.6. The quantitative estimate of drug-likeness (QED) is 0.242. The fraction of sp³-hybridized carbons (Fsp3) is 0.913. The number of aliphatic hydroxyl groups excluding tert-OH is 3. The number of ether oxygens (including phenoxy) is 3. The summed E-state index contributed by atoms with van der Waals surface area (Å²) in [6.45, 7) is 7.84. The first kappa shape index (κ1) is 27.9. The van der Waals surface area contributed by atoms with Crippen LogP contribution in [0, 0.1) is 23.7 Å². The number of esters is 1. The van der Waals surface area contributed by atoms with Crippen LogP contribution in [0.1, 0.15) is 47.0 Å². The fourth-order valence-corrected chi connectivity index (χ4v) is 4.27. The molecule has 1 aliphatic heterocycles. The van der Waals surface area contributed by atoms with Crippen LogP contribution in [0.4, 0.5) is 0 Å². The number of amides is 1. The van der Waals surface area contributed by atoms with E-state index in [1.165, 1.54) is 7.11 Å². The molecule has 0 aromatic heterocycles. The van der Waals surface area contributed by atoms with Gasteiger partial charge in [-0.05, 0) is 37.1 Å². The van der Waals surface area contributed by atoms with Gasteiger partial charge < -0.3 is 34.8 Å². The summed E-state index contributed by atoms with van der Waals surface area (Å²) >= 11 is 0. The zero-order valence-electron chi connectivity index (χ0n) is 20.6. The van der Waals surface area contributed by atoms with Crippen LogP contribution in [-0.4, -0.2) is 90.7 Å². The molecule has 2 fully saturated rings. The largest absolute Gasteiger partial charge is 0.457 e. The van der Waals surface area contributed by atoms with Gasteiger partial charge in [-0.25, -0.2) is 0 Å². The zero-order valence-corrected chi connectivity index (χ0v) is 20.6. The molecule has 0 bridgehead atoms. The summed E-state index contributed by atoms with van der Waals surface area (Å²) in [5.41, 5.74) is 0. The maximum Gasteiger partial charge on any atom is 0.308 e. The molecule has 0 radical (unpaired) electrons. The van der Waals surface area contributed by atoms with Gasteiger partial charge in [-0.3, -0.25) is 14.9 Å². The molecule has 10 unspecified atom stereocenters. The van der Waals surface area contributed by atoms with E-state index in [0.717, 1.165) is 6.42 Å². The van der Waals surface area contributed by atoms with Crippen LogP contribution < -0.4 is 10.6 Å². The molecule has 1 saturated carbocycles. The van der Waals surface area contributed by atoms with Crippen molar-refractivity contribution in [2.45, 2.75) is 89.7 Å². The third-order valence-corrected chi connectivity index (χ3v) is 7.02. The molecule has 1 amide bonds. The highest BCUT2D eigenvalue weighted by Crippen LogP contribution is 2.41. The molecular formula is C23H42N2O8. The van der Waals surface area contributed by atoms with Gasteiger partial charge in [0.1, 0.15) is 24.5 Å². The second-order valence-corrected chi connectivity index (χ2v) is 9.90. The van der Waals surface area contributed by atoms with Gasteiger partial charge in [-0.2, -0.15) is 0 Å². The maximum absolute atomic E-state index is 12.7. The van der Waals surface area contributed by atoms with Crippen LogP contribution >= 0.6 is 0 Å². The van der Waals surface area contributed by atoms with E-state index in [4.69, 9.17) is 14.2 Å². The Morgan fingerprint density at radius 2 is 1.82 bits per heavy atom. The lowest BCUT2D eigenvalue weighted by Crippen LogP contribution is -2.68. The van der Waals surface area contributed by atoms with Crippen molar-refractivity contribution in [3.8, 4) is 0 Å². The van der Waals surface area contributed by atoms with Crippen LogP contribution in [0.25, 0.3) is 0 Å². The molecule has 2 aliphatic rings. The highest BCUT2D eigenvalue weighted by Gasteiger charge is 2.48. The van der Waals surface area contributed by atoms with Gasteiger partial charge in [0.25, 0.3) is 0 Å². The van der Waals surface area contributed by atoms with Crippen molar-refractivity contribution >= 4 is 11.9 Å². The number of methoxy groups -OCH3 is 1. The summed E-state index contributed by atoms with van der Waals surface area (Å²) in [7, 11) is 3.09. The van der Waals surface area contributed by atoms with Crippen molar-refractivity contribution in [2.24, 2.45) is 23.7 Å². The summed E-state index contributed by atoms with van der Waals surface area (Å²) in [5.74, 6) is -0.561. The summed E-state index contributed by atoms with van der Waals surface area (Å²) in [6.07, 6.45) is -5.06. The Morgan fingerprint density at radius 1 is 1.18 bits per heavy atom. The molecule has 33 heavy (non-hydrogen) atoms. The minimum Gasteiger partial charge on any atom is -0.457 e. The monoisotopic (exact) mass is 474 g/mol. The van der Waals surface area contributed by atoms with E-state index in [1.54, 1.807) is 7.05 Å². The number of hydrogen-bond acceptors (Lipinski definition) is 9. The molecule has 0 spiro atoms. The minimum absolute atomic E-state index is 0.0549. The highest BCUT2D eigenvalue weighted by molar-refractivity contribution is 5.77. The van der Waals surface area contributed by atoms with Gasteiger partial charge in [0.05, 0.1) is 31.7 Å². The molecule has 10 nitrogen and oxygen atoms in total. The average Bonchev–Trinajstić information content (AvgIpc) is 3.48. The third kappa shape index (κ3) is 7.60. The number of rotatable bonds is 12. The standard InChI is InChI=1S/C23H42N2O8/c1-11(2)13(4)15(26)9-19(29)33-22-20(23(24-5)32-17(10-31-6)21(22)30)25-18(28)8-16(27)14-7-12(14)3/h11-17,20-24,26-27,30H,7-10H2,1-6H3,(H,25,28). The second kappa shape index (κ2) is 12.4. The Bertz CT molecular complexity index is 648. The van der Waals surface area contributed by atoms with E-state index in [1.807, 2.05) is 27.7 Å². The van der Waals surface area contributed by atoms with Gasteiger partial charge in [-0.15, -0.1) is 0 Å². The predicted octanol–water partition coefficient (Wildman–Crippen LogP) is -0.215. The average molecular weight is 475 g/mol. The van der Waals surface area contributed by atoms with E-state index in [0.29, 0.717) is 5.92 Å². The fourth-order valence-electron chi connectivity index (χ4n) is 4.27. The van der Waals surface area contributed by atoms with Crippen LogP contribution in [0.15, 0.2) is 0 Å². The molecule has 10 atom stereocenters. The van der Waals surface area contributed by atoms with Gasteiger partial charge in [0, 0.05) is 7.11 Å². The zero-order chi connectivity index (χ0) is 24.9. The van der Waals surface area contributed by atoms with Gasteiger partial charge in [0.15, 0.2) is 6.10 Å². The minimum atomic E-state index is -1.27. The lowest BCUT2D eigenvalue weighted by Gasteiger charge is -2.44. The molecule has 0 aromatic rings. The van der Waals surface area contributed by atoms with Gasteiger partial charge in [-0.1, -0.05) is 27.7 Å². The molecule has 2 rings (SSSR count). The normalized spacial score (nSPS) is 34.4. The molecule has 1 saturated heterocycles. The summed E-state index contributed by atoms with van der Waals surface area (Å²) in [5, 5.41) is 37.2. The van der Waals surface area contributed by atoms with Crippen molar-refractivity contribution in [1.29, 1.82) is 0 Å². The molecule has 1 heterocycles. The first-order chi connectivity index (χ1) is 15.5. The van der Waals surface area contributed by atoms with Crippen LogP contribution in [0.2, 0.25) is 0 Å². The number of hydrogen-bond donors (Lipinski definition) is 5. The number of nitrogens with one attached hydrogen (secondary N) is 2. The molecule has 5 N–H and O–H groups in total. The Hall–Kier alpha value is -1.30. The van der Waals surface area contributed by atoms with E-state index < -0.39 is 54.7 Å². The van der Waals surface area contributed by atoms with Crippen molar-refractivity contribution in [1.82, 2.24) is 10.6 Å². The predicted molar refractivity (Wildman–Crippen MR) is 120 cm³/mol. The van der Waals surface area contributed by atoms with Crippen molar-refractivity contribution in [3.63, 3.8) is 0 Å². The summed E-state index contributed by atoms with van der Waals surface area (Å²) in [4.78, 5) is 25.3. The summed E-state index contributed by atoms with van der Waals surface area (Å²) in [6, 6.07) is -0.905. The smallest absolute Gasteiger partial charge is 0.308 e. The van der Waals surface area contributed by atoms with Crippen LogP contribution in [0.3, 0.4) is 0 Å². The molecule has 0 aromatic carbocycles. The van der Waals surface area contributed by atoms with Crippen LogP contribution in [-0.2, 0) is 23.8 Å². The van der Waals surface area contributed by atoms with E-state index in [2.05, 4.69) is 10.6 Å². The third-order valence-electron chi connectivity index (χ3n) is 7.02. The lowest BCUT2D eigenvalue weighted by molar-refractivity contribution is -0.217.